The van der Waals surface area contributed by atoms with Gasteiger partial charge in [-0.1, -0.05) is 57.4 Å². The van der Waals surface area contributed by atoms with Crippen LogP contribution in [0.2, 0.25) is 5.02 Å². The maximum atomic E-state index is 12.9. The molecule has 156 valence electrons. The van der Waals surface area contributed by atoms with Crippen molar-refractivity contribution in [1.29, 1.82) is 0 Å². The first kappa shape index (κ1) is 21.3. The van der Waals surface area contributed by atoms with E-state index in [0.717, 1.165) is 21.2 Å². The number of aryl methyl sites for hydroxylation is 1. The fourth-order valence-corrected chi connectivity index (χ4v) is 3.87. The Morgan fingerprint density at radius 1 is 1.03 bits per heavy atom. The average molecular weight is 498 g/mol. The molecule has 0 bridgehead atoms. The Morgan fingerprint density at radius 3 is 2.32 bits per heavy atom. The number of benzene rings is 3. The zero-order valence-electron chi connectivity index (χ0n) is 16.7. The summed E-state index contributed by atoms with van der Waals surface area (Å²) in [6.45, 7) is 2.01. The first-order valence-electron chi connectivity index (χ1n) is 9.73. The van der Waals surface area contributed by atoms with Crippen molar-refractivity contribution in [3.05, 3.63) is 105 Å². The third-order valence-corrected chi connectivity index (χ3v) is 5.89. The molecule has 0 saturated carbocycles. The molecule has 1 saturated heterocycles. The molecule has 1 heterocycles. The summed E-state index contributed by atoms with van der Waals surface area (Å²) in [5.41, 5.74) is 6.28. The molecule has 0 radical (unpaired) electrons. The first-order valence-corrected chi connectivity index (χ1v) is 10.9. The molecule has 1 fully saturated rings. The summed E-state index contributed by atoms with van der Waals surface area (Å²) in [7, 11) is 0. The lowest BCUT2D eigenvalue weighted by atomic mass is 9.98. The van der Waals surface area contributed by atoms with Crippen LogP contribution in [0.5, 0.6) is 0 Å². The topological polar surface area (TPSA) is 61.2 Å². The summed E-state index contributed by atoms with van der Waals surface area (Å²) in [5, 5.41) is 3.43. The lowest BCUT2D eigenvalue weighted by molar-refractivity contribution is -0.596. The lowest BCUT2D eigenvalue weighted by Gasteiger charge is -2.15. The highest BCUT2D eigenvalue weighted by Gasteiger charge is 2.47. The van der Waals surface area contributed by atoms with Crippen LogP contribution >= 0.6 is 27.5 Å². The van der Waals surface area contributed by atoms with Crippen LogP contribution in [0.1, 0.15) is 33.1 Å². The molecular weight excluding hydrogens is 478 g/mol. The molecule has 4 rings (SSSR count). The molecule has 5 nitrogen and oxygen atoms in total. The summed E-state index contributed by atoms with van der Waals surface area (Å²) < 4.78 is 2.72. The van der Waals surface area contributed by atoms with Gasteiger partial charge in [0.25, 0.3) is 5.91 Å². The highest BCUT2D eigenvalue weighted by Crippen LogP contribution is 2.26. The molecule has 2 N–H and O–H groups in total. The minimum absolute atomic E-state index is 0.277. The molecule has 3 aromatic carbocycles. The number of hydrazine groups is 1. The number of carbonyl (C=O) groups excluding carboxylic acids is 2. The molecule has 0 aliphatic carbocycles. The van der Waals surface area contributed by atoms with Crippen molar-refractivity contribution in [3.63, 3.8) is 0 Å². The van der Waals surface area contributed by atoms with Gasteiger partial charge in [0.2, 0.25) is 12.3 Å². The number of nitrogens with one attached hydrogen (secondary N) is 2. The third kappa shape index (κ3) is 4.86. The second kappa shape index (κ2) is 9.04. The van der Waals surface area contributed by atoms with Crippen LogP contribution in [-0.2, 0) is 4.79 Å². The number of hydrogen-bond donors (Lipinski definition) is 2. The molecule has 0 spiro atoms. The Balaban J connectivity index is 1.69. The third-order valence-electron chi connectivity index (χ3n) is 5.11. The quantitative estimate of drug-likeness (QED) is 0.524. The van der Waals surface area contributed by atoms with Gasteiger partial charge in [0.05, 0.1) is 0 Å². The standard InChI is InChI=1S/C24H19BrClN3O2/c1-15-2-6-17(7-3-15)22-21(27-23(30)18-8-12-20(26)13-9-18)24(31)28-29(22)14-16-4-10-19(25)11-5-16/h2-14,21-22H,1H3,(H-,27,28,30,31)/p+1/b29-14-/t21-,22-/m1/s1. The molecular formula is C24H20BrClN3O2+. The number of rotatable bonds is 4. The number of hydrogen-bond acceptors (Lipinski definition) is 2. The summed E-state index contributed by atoms with van der Waals surface area (Å²) >= 11 is 9.36. The van der Waals surface area contributed by atoms with Crippen LogP contribution in [-0.4, -0.2) is 28.8 Å². The summed E-state index contributed by atoms with van der Waals surface area (Å²) in [6.07, 6.45) is 1.86. The Morgan fingerprint density at radius 2 is 1.68 bits per heavy atom. The Kier molecular flexibility index (Phi) is 6.20. The van der Waals surface area contributed by atoms with Crippen LogP contribution < -0.4 is 10.7 Å². The summed E-state index contributed by atoms with van der Waals surface area (Å²) in [4.78, 5) is 25.7. The van der Waals surface area contributed by atoms with Gasteiger partial charge in [0.1, 0.15) is 0 Å². The predicted octanol–water partition coefficient (Wildman–Crippen LogP) is 4.43. The van der Waals surface area contributed by atoms with E-state index in [1.54, 1.807) is 28.9 Å². The SMILES string of the molecule is Cc1ccc([C@@H]2[C@@H](NC(=O)c3ccc(Cl)cc3)C(=O)N/[N+]2=C\c2ccc(Br)cc2)cc1. The molecule has 2 atom stereocenters. The molecule has 3 aromatic rings. The van der Waals surface area contributed by atoms with Crippen molar-refractivity contribution in [1.82, 2.24) is 10.7 Å². The van der Waals surface area contributed by atoms with Gasteiger partial charge in [0.15, 0.2) is 6.04 Å². The van der Waals surface area contributed by atoms with Crippen molar-refractivity contribution in [3.8, 4) is 0 Å². The van der Waals surface area contributed by atoms with Gasteiger partial charge < -0.3 is 5.32 Å². The smallest absolute Gasteiger partial charge is 0.304 e. The number of nitrogens with zero attached hydrogens (tertiary/aromatic N) is 1. The fourth-order valence-electron chi connectivity index (χ4n) is 3.48. The van der Waals surface area contributed by atoms with E-state index < -0.39 is 12.1 Å². The number of carbonyl (C=O) groups is 2. The van der Waals surface area contributed by atoms with E-state index in [0.29, 0.717) is 10.6 Å². The van der Waals surface area contributed by atoms with E-state index in [1.807, 2.05) is 61.7 Å². The first-order chi connectivity index (χ1) is 14.9. The van der Waals surface area contributed by atoms with Crippen LogP contribution in [0.4, 0.5) is 0 Å². The van der Waals surface area contributed by atoms with Gasteiger partial charge in [-0.05, 0) is 55.5 Å². The maximum absolute atomic E-state index is 12.9. The van der Waals surface area contributed by atoms with Crippen molar-refractivity contribution in [2.45, 2.75) is 19.0 Å². The Bertz CT molecular complexity index is 1140. The summed E-state index contributed by atoms with van der Waals surface area (Å²) in [6, 6.07) is 21.1. The van der Waals surface area contributed by atoms with Crippen molar-refractivity contribution >= 4 is 45.6 Å². The fraction of sp³-hybridized carbons (Fsp3) is 0.125. The van der Waals surface area contributed by atoms with Crippen LogP contribution in [0.15, 0.2) is 77.3 Å². The molecule has 31 heavy (non-hydrogen) atoms. The van der Waals surface area contributed by atoms with E-state index in [9.17, 15) is 9.59 Å². The zero-order chi connectivity index (χ0) is 22.0. The molecule has 7 heteroatoms. The molecule has 2 amide bonds. The maximum Gasteiger partial charge on any atom is 0.304 e. The zero-order valence-corrected chi connectivity index (χ0v) is 19.0. The largest absolute Gasteiger partial charge is 0.334 e. The molecule has 0 aromatic heterocycles. The molecule has 1 aliphatic heterocycles. The highest BCUT2D eigenvalue weighted by molar-refractivity contribution is 9.10. The van der Waals surface area contributed by atoms with E-state index in [2.05, 4.69) is 26.7 Å². The van der Waals surface area contributed by atoms with E-state index in [1.165, 1.54) is 0 Å². The minimum Gasteiger partial charge on any atom is -0.334 e. The van der Waals surface area contributed by atoms with Crippen molar-refractivity contribution in [2.24, 2.45) is 0 Å². The van der Waals surface area contributed by atoms with E-state index in [-0.39, 0.29) is 11.8 Å². The van der Waals surface area contributed by atoms with Gasteiger partial charge in [-0.15, -0.1) is 10.1 Å². The normalized spacial score (nSPS) is 19.3. The highest BCUT2D eigenvalue weighted by atomic mass is 79.9. The van der Waals surface area contributed by atoms with Gasteiger partial charge in [0, 0.05) is 26.2 Å². The van der Waals surface area contributed by atoms with Crippen LogP contribution in [0, 0.1) is 6.92 Å². The van der Waals surface area contributed by atoms with Gasteiger partial charge >= 0.3 is 5.91 Å². The summed E-state index contributed by atoms with van der Waals surface area (Å²) in [5.74, 6) is -0.610. The minimum atomic E-state index is -0.766. The van der Waals surface area contributed by atoms with Gasteiger partial charge in [-0.2, -0.15) is 0 Å². The molecule has 1 aliphatic rings. The second-order valence-electron chi connectivity index (χ2n) is 7.38. The van der Waals surface area contributed by atoms with Gasteiger partial charge in [-0.25, -0.2) is 0 Å². The Labute approximate surface area is 193 Å². The Hall–Kier alpha value is -2.96. The monoisotopic (exact) mass is 496 g/mol. The average Bonchev–Trinajstić information content (AvgIpc) is 3.05. The van der Waals surface area contributed by atoms with E-state index in [4.69, 9.17) is 11.6 Å². The van der Waals surface area contributed by atoms with Crippen LogP contribution in [0.25, 0.3) is 0 Å². The number of amides is 2. The van der Waals surface area contributed by atoms with Gasteiger partial charge in [-0.3, -0.25) is 9.59 Å². The number of hydrazone groups is 1. The van der Waals surface area contributed by atoms with E-state index >= 15 is 0 Å². The predicted molar refractivity (Wildman–Crippen MR) is 124 cm³/mol. The van der Waals surface area contributed by atoms with Crippen LogP contribution in [0.3, 0.4) is 0 Å². The molecule has 0 unspecified atom stereocenters. The van der Waals surface area contributed by atoms with Crippen molar-refractivity contribution < 1.29 is 14.3 Å². The second-order valence-corrected chi connectivity index (χ2v) is 8.73. The lowest BCUT2D eigenvalue weighted by Crippen LogP contribution is -2.42. The number of halogens is 2. The van der Waals surface area contributed by atoms with Crippen molar-refractivity contribution in [2.75, 3.05) is 0 Å².